The van der Waals surface area contributed by atoms with Crippen LogP contribution < -0.4 is 10.1 Å². The molecule has 0 unspecified atom stereocenters. The lowest BCUT2D eigenvalue weighted by molar-refractivity contribution is -0.126. The van der Waals surface area contributed by atoms with E-state index >= 15 is 0 Å². The number of hydrogen-bond acceptors (Lipinski definition) is 3. The van der Waals surface area contributed by atoms with Gasteiger partial charge in [0, 0.05) is 30.0 Å². The maximum Gasteiger partial charge on any atom is 0.220 e. The summed E-state index contributed by atoms with van der Waals surface area (Å²) in [4.78, 5) is 13.1. The van der Waals surface area contributed by atoms with Crippen molar-refractivity contribution in [2.24, 2.45) is 5.92 Å². The lowest BCUT2D eigenvalue weighted by Crippen LogP contribution is -2.46. The Balaban J connectivity index is 1.66. The van der Waals surface area contributed by atoms with E-state index in [1.165, 1.54) is 5.56 Å². The number of amides is 1. The van der Waals surface area contributed by atoms with Crippen LogP contribution in [0.15, 0.2) is 48.5 Å². The number of rotatable bonds is 9. The Morgan fingerprint density at radius 2 is 1.79 bits per heavy atom. The van der Waals surface area contributed by atoms with Crippen LogP contribution in [0.5, 0.6) is 5.75 Å². The van der Waals surface area contributed by atoms with Gasteiger partial charge in [0.2, 0.25) is 5.91 Å². The van der Waals surface area contributed by atoms with E-state index in [4.69, 9.17) is 21.1 Å². The molecule has 4 nitrogen and oxygen atoms in total. The molecular weight excluding hydrogens is 434 g/mol. The highest BCUT2D eigenvalue weighted by atomic mass is 35.5. The van der Waals surface area contributed by atoms with Crippen molar-refractivity contribution < 1.29 is 14.3 Å². The number of carbonyl (C=O) groups excluding carboxylic acids is 1. The molecule has 5 heteroatoms. The van der Waals surface area contributed by atoms with Gasteiger partial charge in [0.15, 0.2) is 0 Å². The fourth-order valence-electron chi connectivity index (χ4n) is 5.25. The van der Waals surface area contributed by atoms with Gasteiger partial charge >= 0.3 is 0 Å². The van der Waals surface area contributed by atoms with Gasteiger partial charge in [-0.05, 0) is 80.3 Å². The normalized spacial score (nSPS) is 20.9. The number of benzene rings is 2. The summed E-state index contributed by atoms with van der Waals surface area (Å²) >= 11 is 6.14. The maximum absolute atomic E-state index is 13.1. The molecule has 3 rings (SSSR count). The molecule has 2 atom stereocenters. The second-order valence-electron chi connectivity index (χ2n) is 10.3. The van der Waals surface area contributed by atoms with Crippen molar-refractivity contribution in [2.75, 3.05) is 20.3 Å². The fourth-order valence-corrected chi connectivity index (χ4v) is 5.38. The smallest absolute Gasteiger partial charge is 0.220 e. The monoisotopic (exact) mass is 471 g/mol. The Kier molecular flexibility index (Phi) is 8.47. The molecule has 33 heavy (non-hydrogen) atoms. The van der Waals surface area contributed by atoms with Crippen molar-refractivity contribution in [3.05, 3.63) is 64.7 Å². The largest absolute Gasteiger partial charge is 0.497 e. The van der Waals surface area contributed by atoms with Crippen LogP contribution in [0, 0.1) is 5.92 Å². The molecule has 2 aromatic carbocycles. The van der Waals surface area contributed by atoms with E-state index in [-0.39, 0.29) is 16.9 Å². The minimum absolute atomic E-state index is 0.0971. The van der Waals surface area contributed by atoms with Gasteiger partial charge in [0.1, 0.15) is 5.75 Å². The first kappa shape index (κ1) is 25.6. The molecule has 1 amide bonds. The quantitative estimate of drug-likeness (QED) is 0.453. The molecular formula is C28H38ClNO3. The van der Waals surface area contributed by atoms with E-state index in [1.807, 2.05) is 24.3 Å². The summed E-state index contributed by atoms with van der Waals surface area (Å²) in [5.41, 5.74) is 1.93. The summed E-state index contributed by atoms with van der Waals surface area (Å²) < 4.78 is 11.3. The Bertz CT molecular complexity index is 908. The van der Waals surface area contributed by atoms with E-state index in [0.717, 1.165) is 30.6 Å². The first-order valence-electron chi connectivity index (χ1n) is 11.9. The van der Waals surface area contributed by atoms with Crippen molar-refractivity contribution in [1.29, 1.82) is 0 Å². The van der Waals surface area contributed by atoms with Crippen LogP contribution in [0.25, 0.3) is 0 Å². The number of carbonyl (C=O) groups is 1. The number of ether oxygens (including phenoxy) is 2. The fraction of sp³-hybridized carbons (Fsp3) is 0.536. The molecule has 1 aliphatic rings. The number of methoxy groups -OCH3 is 1. The van der Waals surface area contributed by atoms with E-state index < -0.39 is 0 Å². The minimum atomic E-state index is -0.269. The number of halogens is 1. The van der Waals surface area contributed by atoms with E-state index in [0.29, 0.717) is 36.4 Å². The Morgan fingerprint density at radius 1 is 1.12 bits per heavy atom. The van der Waals surface area contributed by atoms with Crippen LogP contribution in [0.2, 0.25) is 5.02 Å². The van der Waals surface area contributed by atoms with Gasteiger partial charge < -0.3 is 14.8 Å². The van der Waals surface area contributed by atoms with Gasteiger partial charge in [-0.2, -0.15) is 0 Å². The third-order valence-corrected chi connectivity index (χ3v) is 7.17. The van der Waals surface area contributed by atoms with Crippen molar-refractivity contribution >= 4 is 17.5 Å². The van der Waals surface area contributed by atoms with Crippen molar-refractivity contribution in [3.8, 4) is 5.75 Å². The summed E-state index contributed by atoms with van der Waals surface area (Å²) in [6, 6.07) is 16.2. The number of nitrogens with one attached hydrogen (secondary N) is 1. The highest BCUT2D eigenvalue weighted by Gasteiger charge is 2.43. The predicted octanol–water partition coefficient (Wildman–Crippen LogP) is 6.51. The van der Waals surface area contributed by atoms with Crippen molar-refractivity contribution in [2.45, 2.75) is 70.3 Å². The third-order valence-electron chi connectivity index (χ3n) is 6.92. The summed E-state index contributed by atoms with van der Waals surface area (Å²) in [5.74, 6) is 1.82. The average molecular weight is 472 g/mol. The SMILES string of the molecule is COc1ccc([C@@H](CCNC(=O)C[C@]2(c3ccc(Cl)cc3)CCOC(C)(C)C2)C(C)C)cc1. The lowest BCUT2D eigenvalue weighted by Gasteiger charge is -2.45. The van der Waals surface area contributed by atoms with Gasteiger partial charge in [-0.15, -0.1) is 0 Å². The first-order chi connectivity index (χ1) is 15.6. The van der Waals surface area contributed by atoms with Crippen molar-refractivity contribution in [1.82, 2.24) is 5.32 Å². The molecule has 0 bridgehead atoms. The van der Waals surface area contributed by atoms with Gasteiger partial charge in [-0.3, -0.25) is 4.79 Å². The summed E-state index contributed by atoms with van der Waals surface area (Å²) in [6.45, 7) is 9.99. The molecule has 0 saturated carbocycles. The lowest BCUT2D eigenvalue weighted by atomic mass is 9.67. The molecule has 0 radical (unpaired) electrons. The molecule has 0 spiro atoms. The first-order valence-corrected chi connectivity index (χ1v) is 12.3. The Hall–Kier alpha value is -2.04. The maximum atomic E-state index is 13.1. The van der Waals surface area contributed by atoms with Crippen LogP contribution in [0.1, 0.15) is 70.4 Å². The zero-order valence-electron chi connectivity index (χ0n) is 20.6. The topological polar surface area (TPSA) is 47.6 Å². The van der Waals surface area contributed by atoms with Gasteiger partial charge in [-0.25, -0.2) is 0 Å². The predicted molar refractivity (Wildman–Crippen MR) is 135 cm³/mol. The van der Waals surface area contributed by atoms with E-state index in [9.17, 15) is 4.79 Å². The molecule has 1 heterocycles. The van der Waals surface area contributed by atoms with Crippen LogP contribution >= 0.6 is 11.6 Å². The zero-order chi connectivity index (χ0) is 24.1. The molecule has 0 aromatic heterocycles. The van der Waals surface area contributed by atoms with Gasteiger partial charge in [-0.1, -0.05) is 49.7 Å². The Labute approximate surface area is 204 Å². The summed E-state index contributed by atoms with van der Waals surface area (Å²) in [7, 11) is 1.68. The highest BCUT2D eigenvalue weighted by Crippen LogP contribution is 2.44. The third kappa shape index (κ3) is 6.74. The minimum Gasteiger partial charge on any atom is -0.497 e. The second kappa shape index (κ2) is 10.9. The highest BCUT2D eigenvalue weighted by molar-refractivity contribution is 6.30. The van der Waals surface area contributed by atoms with Crippen LogP contribution in [0.3, 0.4) is 0 Å². The molecule has 1 aliphatic heterocycles. The average Bonchev–Trinajstić information content (AvgIpc) is 2.76. The van der Waals surface area contributed by atoms with Gasteiger partial charge in [0.25, 0.3) is 0 Å². The molecule has 1 saturated heterocycles. The standard InChI is InChI=1S/C28H38ClNO3/c1-20(2)25(21-6-12-24(32-5)13-7-21)14-16-30-26(31)18-28(15-17-33-27(3,4)19-28)22-8-10-23(29)11-9-22/h6-13,20,25H,14-19H2,1-5H3,(H,30,31)/t25-,28+/m0/s1. The molecule has 180 valence electrons. The molecule has 2 aromatic rings. The van der Waals surface area contributed by atoms with Crippen molar-refractivity contribution in [3.63, 3.8) is 0 Å². The number of hydrogen-bond donors (Lipinski definition) is 1. The summed E-state index contributed by atoms with van der Waals surface area (Å²) in [6.07, 6.45) is 2.98. The van der Waals surface area contributed by atoms with E-state index in [1.54, 1.807) is 7.11 Å². The Morgan fingerprint density at radius 3 is 2.36 bits per heavy atom. The van der Waals surface area contributed by atoms with E-state index in [2.05, 4.69) is 57.3 Å². The second-order valence-corrected chi connectivity index (χ2v) is 10.7. The zero-order valence-corrected chi connectivity index (χ0v) is 21.4. The van der Waals surface area contributed by atoms with Crippen LogP contribution in [-0.4, -0.2) is 31.8 Å². The van der Waals surface area contributed by atoms with Gasteiger partial charge in [0.05, 0.1) is 12.7 Å². The summed E-state index contributed by atoms with van der Waals surface area (Å²) in [5, 5.41) is 3.92. The molecule has 1 N–H and O–H groups in total. The molecule has 0 aliphatic carbocycles. The molecule has 1 fully saturated rings. The van der Waals surface area contributed by atoms with Crippen LogP contribution in [0.4, 0.5) is 0 Å². The van der Waals surface area contributed by atoms with Crippen LogP contribution in [-0.2, 0) is 14.9 Å².